The van der Waals surface area contributed by atoms with Gasteiger partial charge in [-0.05, 0) is 89.9 Å². The molecule has 0 aromatic heterocycles. The van der Waals surface area contributed by atoms with Gasteiger partial charge in [0.15, 0.2) is 0 Å². The van der Waals surface area contributed by atoms with Crippen molar-refractivity contribution in [2.24, 2.45) is 0 Å². The number of hydrogen-bond acceptors (Lipinski definition) is 5. The predicted octanol–water partition coefficient (Wildman–Crippen LogP) is 16.6. The molecular formula is C59H111NO5. The lowest BCUT2D eigenvalue weighted by Crippen LogP contribution is -2.53. The van der Waals surface area contributed by atoms with Gasteiger partial charge in [0, 0.05) is 0 Å². The molecular weight excluding hydrogens is 803 g/mol. The normalized spacial score (nSPS) is 14.1. The number of amides is 1. The Morgan fingerprint density at radius 1 is 0.369 bits per heavy atom. The van der Waals surface area contributed by atoms with Crippen molar-refractivity contribution in [2.75, 3.05) is 6.61 Å². The van der Waals surface area contributed by atoms with Gasteiger partial charge in [0.05, 0.1) is 18.8 Å². The molecule has 6 nitrogen and oxygen atoms in total. The summed E-state index contributed by atoms with van der Waals surface area (Å²) in [6, 6.07) is -1.02. The van der Waals surface area contributed by atoms with Crippen molar-refractivity contribution < 1.29 is 25.2 Å². The maximum Gasteiger partial charge on any atom is 0.249 e. The molecule has 0 spiro atoms. The molecule has 382 valence electrons. The Morgan fingerprint density at radius 3 is 0.969 bits per heavy atom. The fourth-order valence-electron chi connectivity index (χ4n) is 8.73. The molecule has 0 aliphatic carbocycles. The average Bonchev–Trinajstić information content (AvgIpc) is 3.31. The zero-order chi connectivity index (χ0) is 47.4. The molecule has 4 atom stereocenters. The van der Waals surface area contributed by atoms with Crippen LogP contribution in [0.15, 0.2) is 48.6 Å². The highest BCUT2D eigenvalue weighted by Crippen LogP contribution is 2.17. The molecule has 0 aromatic rings. The number of aliphatic hydroxyl groups excluding tert-OH is 4. The first-order chi connectivity index (χ1) is 32.0. The van der Waals surface area contributed by atoms with Crippen molar-refractivity contribution in [2.45, 2.75) is 314 Å². The number of unbranched alkanes of at least 4 members (excludes halogenated alkanes) is 35. The van der Waals surface area contributed by atoms with Crippen LogP contribution in [0, 0.1) is 0 Å². The maximum absolute atomic E-state index is 12.6. The highest BCUT2D eigenvalue weighted by molar-refractivity contribution is 5.80. The summed E-state index contributed by atoms with van der Waals surface area (Å²) in [5, 5.41) is 43.9. The fraction of sp³-hybridized carbons (Fsp3) is 0.847. The van der Waals surface area contributed by atoms with Crippen LogP contribution >= 0.6 is 0 Å². The van der Waals surface area contributed by atoms with E-state index in [-0.39, 0.29) is 0 Å². The largest absolute Gasteiger partial charge is 0.394 e. The minimum Gasteiger partial charge on any atom is -0.394 e. The minimum absolute atomic E-state index is 0.351. The summed E-state index contributed by atoms with van der Waals surface area (Å²) in [6.07, 6.45) is 67.6. The van der Waals surface area contributed by atoms with Crippen LogP contribution < -0.4 is 5.32 Å². The van der Waals surface area contributed by atoms with Crippen LogP contribution in [0.3, 0.4) is 0 Å². The van der Waals surface area contributed by atoms with E-state index in [0.717, 1.165) is 64.2 Å². The summed E-state index contributed by atoms with van der Waals surface area (Å²) in [4.78, 5) is 12.6. The quantitative estimate of drug-likeness (QED) is 0.0308. The third-order valence-corrected chi connectivity index (χ3v) is 13.2. The third kappa shape index (κ3) is 47.1. The summed E-state index contributed by atoms with van der Waals surface area (Å²) in [5.74, 6) is -0.603. The van der Waals surface area contributed by atoms with Gasteiger partial charge in [-0.15, -0.1) is 0 Å². The van der Waals surface area contributed by atoms with Gasteiger partial charge in [0.25, 0.3) is 0 Å². The van der Waals surface area contributed by atoms with Gasteiger partial charge in [0.2, 0.25) is 5.91 Å². The highest BCUT2D eigenvalue weighted by atomic mass is 16.3. The average molecular weight is 915 g/mol. The Bertz CT molecular complexity index is 1070. The van der Waals surface area contributed by atoms with Crippen molar-refractivity contribution in [1.29, 1.82) is 0 Å². The number of carbonyl (C=O) groups is 1. The number of carbonyl (C=O) groups excluding carboxylic acids is 1. The molecule has 4 unspecified atom stereocenters. The first-order valence-electron chi connectivity index (χ1n) is 28.5. The van der Waals surface area contributed by atoms with Crippen LogP contribution in [0.25, 0.3) is 0 Å². The van der Waals surface area contributed by atoms with E-state index in [1.807, 2.05) is 0 Å². The minimum atomic E-state index is -1.30. The molecule has 6 heteroatoms. The van der Waals surface area contributed by atoms with E-state index in [2.05, 4.69) is 67.8 Å². The van der Waals surface area contributed by atoms with Gasteiger partial charge in [-0.25, -0.2) is 0 Å². The molecule has 0 aliphatic heterocycles. The number of aliphatic hydroxyl groups is 4. The van der Waals surface area contributed by atoms with Gasteiger partial charge in [-0.3, -0.25) is 4.79 Å². The van der Waals surface area contributed by atoms with Gasteiger partial charge < -0.3 is 25.7 Å². The second kappa shape index (κ2) is 53.2. The number of nitrogens with one attached hydrogen (secondary N) is 1. The standard InChI is InChI=1S/C59H111NO5/c1-3-5-7-9-11-13-15-17-19-21-23-25-26-27-28-29-30-31-32-33-35-36-38-40-42-44-46-48-50-52-56(62)58(64)55(54-61)60-59(65)57(63)53-51-49-47-45-43-41-39-37-34-24-22-20-18-16-14-12-10-8-6-4-2/h31-32,34,36-38,44,46,55-58,61-64H,3-30,33,35,39-43,45,47-54H2,1-2H3,(H,60,65)/b32-31+,37-34-,38-36+,46-44+. The van der Waals surface area contributed by atoms with Crippen LogP contribution in [0.5, 0.6) is 0 Å². The lowest BCUT2D eigenvalue weighted by atomic mass is 10.00. The molecule has 65 heavy (non-hydrogen) atoms. The molecule has 0 radical (unpaired) electrons. The monoisotopic (exact) mass is 914 g/mol. The van der Waals surface area contributed by atoms with Gasteiger partial charge in [-0.1, -0.05) is 249 Å². The fourth-order valence-corrected chi connectivity index (χ4v) is 8.73. The Hall–Kier alpha value is -1.73. The summed E-state index contributed by atoms with van der Waals surface area (Å²) in [5.41, 5.74) is 0. The van der Waals surface area contributed by atoms with E-state index < -0.39 is 36.9 Å². The first-order valence-corrected chi connectivity index (χ1v) is 28.5. The van der Waals surface area contributed by atoms with E-state index in [4.69, 9.17) is 0 Å². The van der Waals surface area contributed by atoms with E-state index in [1.54, 1.807) is 0 Å². The number of rotatable bonds is 52. The van der Waals surface area contributed by atoms with Gasteiger partial charge in [-0.2, -0.15) is 0 Å². The van der Waals surface area contributed by atoms with Crippen molar-refractivity contribution >= 4 is 5.91 Å². The molecule has 0 heterocycles. The zero-order valence-electron chi connectivity index (χ0n) is 43.2. The van der Waals surface area contributed by atoms with E-state index >= 15 is 0 Å². The summed E-state index contributed by atoms with van der Waals surface area (Å²) >= 11 is 0. The summed E-state index contributed by atoms with van der Waals surface area (Å²) < 4.78 is 0. The lowest BCUT2D eigenvalue weighted by molar-refractivity contribution is -0.132. The van der Waals surface area contributed by atoms with Crippen molar-refractivity contribution in [3.8, 4) is 0 Å². The predicted molar refractivity (Wildman–Crippen MR) is 283 cm³/mol. The molecule has 0 bridgehead atoms. The Morgan fingerprint density at radius 2 is 0.646 bits per heavy atom. The number of allylic oxidation sites excluding steroid dienone is 8. The molecule has 5 N–H and O–H groups in total. The van der Waals surface area contributed by atoms with Crippen molar-refractivity contribution in [3.05, 3.63) is 48.6 Å². The lowest BCUT2D eigenvalue weighted by Gasteiger charge is -2.27. The van der Waals surface area contributed by atoms with Crippen LogP contribution in [0.4, 0.5) is 0 Å². The van der Waals surface area contributed by atoms with Crippen LogP contribution in [-0.2, 0) is 4.79 Å². The van der Waals surface area contributed by atoms with Gasteiger partial charge >= 0.3 is 0 Å². The summed E-state index contributed by atoms with van der Waals surface area (Å²) in [6.45, 7) is 4.06. The SMILES string of the molecule is CCCCCCCCCCCC/C=C\CCCCCCCCC(O)C(=O)NC(CO)C(O)C(O)CCC/C=C/CC/C=C/CC/C=C/CCCCCCCCCCCCCCCCCC. The molecule has 0 saturated heterocycles. The van der Waals surface area contributed by atoms with E-state index in [1.165, 1.54) is 193 Å². The molecule has 0 fully saturated rings. The first kappa shape index (κ1) is 63.3. The van der Waals surface area contributed by atoms with E-state index in [9.17, 15) is 25.2 Å². The Balaban J connectivity index is 3.72. The molecule has 1 amide bonds. The smallest absolute Gasteiger partial charge is 0.249 e. The topological polar surface area (TPSA) is 110 Å². The zero-order valence-corrected chi connectivity index (χ0v) is 43.2. The second-order valence-corrected chi connectivity index (χ2v) is 19.6. The molecule has 0 rings (SSSR count). The summed E-state index contributed by atoms with van der Waals surface area (Å²) in [7, 11) is 0. The highest BCUT2D eigenvalue weighted by Gasteiger charge is 2.28. The van der Waals surface area contributed by atoms with Crippen molar-refractivity contribution in [3.63, 3.8) is 0 Å². The molecule has 0 saturated carbocycles. The van der Waals surface area contributed by atoms with E-state index in [0.29, 0.717) is 19.3 Å². The molecule has 0 aromatic carbocycles. The van der Waals surface area contributed by atoms with Crippen LogP contribution in [0.1, 0.15) is 290 Å². The number of hydrogen-bond donors (Lipinski definition) is 5. The second-order valence-electron chi connectivity index (χ2n) is 19.6. The van der Waals surface area contributed by atoms with Crippen LogP contribution in [-0.4, -0.2) is 57.3 Å². The van der Waals surface area contributed by atoms with Crippen LogP contribution in [0.2, 0.25) is 0 Å². The maximum atomic E-state index is 12.6. The van der Waals surface area contributed by atoms with Gasteiger partial charge in [0.1, 0.15) is 12.2 Å². The van der Waals surface area contributed by atoms with Crippen molar-refractivity contribution in [1.82, 2.24) is 5.32 Å². The Labute approximate surface area is 404 Å². The third-order valence-electron chi connectivity index (χ3n) is 13.2. The Kier molecular flexibility index (Phi) is 51.8. The molecule has 0 aliphatic rings.